The monoisotopic (exact) mass is 348 g/mol. The van der Waals surface area contributed by atoms with Gasteiger partial charge in [-0.2, -0.15) is 0 Å². The fraction of sp³-hybridized carbons (Fsp3) is 0.0625. The molecule has 3 nitrogen and oxygen atoms in total. The van der Waals surface area contributed by atoms with Gasteiger partial charge in [-0.1, -0.05) is 22.0 Å². The molecule has 0 saturated heterocycles. The van der Waals surface area contributed by atoms with Crippen LogP contribution in [0.3, 0.4) is 0 Å². The maximum absolute atomic E-state index is 13.5. The van der Waals surface area contributed by atoms with Gasteiger partial charge in [-0.15, -0.1) is 0 Å². The molecule has 0 atom stereocenters. The number of carbonyl (C=O) groups excluding carboxylic acids is 1. The third-order valence-electron chi connectivity index (χ3n) is 3.13. The second kappa shape index (κ2) is 5.69. The van der Waals surface area contributed by atoms with E-state index >= 15 is 0 Å². The number of furan rings is 1. The highest BCUT2D eigenvalue weighted by molar-refractivity contribution is 9.10. The van der Waals surface area contributed by atoms with Gasteiger partial charge >= 0.3 is 0 Å². The largest absolute Gasteiger partial charge is 0.488 e. The lowest BCUT2D eigenvalue weighted by molar-refractivity contribution is 0.111. The van der Waals surface area contributed by atoms with E-state index in [0.29, 0.717) is 6.29 Å². The second-order valence-electron chi connectivity index (χ2n) is 4.46. The van der Waals surface area contributed by atoms with Crippen molar-refractivity contribution in [3.8, 4) is 5.75 Å². The van der Waals surface area contributed by atoms with Crippen LogP contribution in [0.1, 0.15) is 15.9 Å². The van der Waals surface area contributed by atoms with Crippen molar-refractivity contribution < 1.29 is 18.3 Å². The highest BCUT2D eigenvalue weighted by Gasteiger charge is 2.11. The molecule has 0 N–H and O–H groups in total. The summed E-state index contributed by atoms with van der Waals surface area (Å²) in [5, 5.41) is 0.911. The van der Waals surface area contributed by atoms with E-state index in [9.17, 15) is 9.18 Å². The summed E-state index contributed by atoms with van der Waals surface area (Å²) in [4.78, 5) is 10.9. The summed E-state index contributed by atoms with van der Waals surface area (Å²) >= 11 is 3.40. The Kier molecular flexibility index (Phi) is 3.75. The first-order chi connectivity index (χ1) is 10.2. The van der Waals surface area contributed by atoms with Crippen molar-refractivity contribution in [1.29, 1.82) is 0 Å². The minimum Gasteiger partial charge on any atom is -0.488 e. The van der Waals surface area contributed by atoms with Gasteiger partial charge in [0.05, 0.1) is 11.8 Å². The molecule has 0 aliphatic rings. The molecule has 0 radical (unpaired) electrons. The summed E-state index contributed by atoms with van der Waals surface area (Å²) in [7, 11) is 0. The Balaban J connectivity index is 1.89. The number of halogens is 2. The van der Waals surface area contributed by atoms with Gasteiger partial charge in [-0.3, -0.25) is 4.79 Å². The van der Waals surface area contributed by atoms with Gasteiger partial charge in [-0.05, 0) is 30.3 Å². The molecule has 0 fully saturated rings. The highest BCUT2D eigenvalue weighted by Crippen LogP contribution is 2.27. The first kappa shape index (κ1) is 13.8. The second-order valence-corrected chi connectivity index (χ2v) is 5.38. The smallest absolute Gasteiger partial charge is 0.156 e. The van der Waals surface area contributed by atoms with Crippen LogP contribution >= 0.6 is 15.9 Å². The summed E-state index contributed by atoms with van der Waals surface area (Å²) in [6.07, 6.45) is 2.05. The number of benzene rings is 2. The first-order valence-corrected chi connectivity index (χ1v) is 7.00. The lowest BCUT2D eigenvalue weighted by Gasteiger charge is -2.08. The van der Waals surface area contributed by atoms with Crippen LogP contribution in [-0.2, 0) is 6.61 Å². The molecule has 3 aromatic rings. The number of fused-ring (bicyclic) bond motifs is 1. The van der Waals surface area contributed by atoms with Crippen LogP contribution in [0.5, 0.6) is 5.75 Å². The molecule has 21 heavy (non-hydrogen) atoms. The molecule has 2 aromatic carbocycles. The Morgan fingerprint density at radius 1 is 1.29 bits per heavy atom. The Hall–Kier alpha value is -2.14. The van der Waals surface area contributed by atoms with Gasteiger partial charge in [-0.25, -0.2) is 4.39 Å². The van der Waals surface area contributed by atoms with Gasteiger partial charge in [0.25, 0.3) is 0 Å². The normalized spacial score (nSPS) is 10.8. The van der Waals surface area contributed by atoms with E-state index in [1.807, 2.05) is 18.2 Å². The van der Waals surface area contributed by atoms with Crippen molar-refractivity contribution in [1.82, 2.24) is 0 Å². The van der Waals surface area contributed by atoms with Crippen molar-refractivity contribution in [2.45, 2.75) is 6.61 Å². The van der Waals surface area contributed by atoms with E-state index in [2.05, 4.69) is 15.9 Å². The number of hydrogen-bond donors (Lipinski definition) is 0. The molecule has 5 heteroatoms. The van der Waals surface area contributed by atoms with E-state index in [1.54, 1.807) is 12.3 Å². The Labute approximate surface area is 128 Å². The van der Waals surface area contributed by atoms with Crippen molar-refractivity contribution in [2.24, 2.45) is 0 Å². The van der Waals surface area contributed by atoms with E-state index in [4.69, 9.17) is 9.15 Å². The molecule has 0 spiro atoms. The van der Waals surface area contributed by atoms with Crippen LogP contribution in [0.2, 0.25) is 0 Å². The highest BCUT2D eigenvalue weighted by atomic mass is 79.9. The Morgan fingerprint density at radius 3 is 2.95 bits per heavy atom. The molecule has 0 bridgehead atoms. The average Bonchev–Trinajstić information content (AvgIpc) is 2.87. The zero-order chi connectivity index (χ0) is 14.8. The van der Waals surface area contributed by atoms with Crippen LogP contribution in [-0.4, -0.2) is 6.29 Å². The third-order valence-corrected chi connectivity index (χ3v) is 3.62. The lowest BCUT2D eigenvalue weighted by atomic mass is 10.2. The van der Waals surface area contributed by atoms with Crippen molar-refractivity contribution in [2.75, 3.05) is 0 Å². The van der Waals surface area contributed by atoms with Crippen LogP contribution in [0.25, 0.3) is 11.0 Å². The molecule has 0 aliphatic heterocycles. The number of aldehydes is 1. The maximum Gasteiger partial charge on any atom is 0.156 e. The van der Waals surface area contributed by atoms with E-state index < -0.39 is 5.82 Å². The molecular weight excluding hydrogens is 339 g/mol. The summed E-state index contributed by atoms with van der Waals surface area (Å²) in [5.74, 6) is -0.378. The third kappa shape index (κ3) is 2.69. The topological polar surface area (TPSA) is 39.4 Å². The van der Waals surface area contributed by atoms with Gasteiger partial charge in [0, 0.05) is 15.4 Å². The van der Waals surface area contributed by atoms with Crippen molar-refractivity contribution >= 4 is 33.2 Å². The molecule has 1 aromatic heterocycles. The number of rotatable bonds is 4. The first-order valence-electron chi connectivity index (χ1n) is 6.21. The zero-order valence-corrected chi connectivity index (χ0v) is 12.4. The Morgan fingerprint density at radius 2 is 2.14 bits per heavy atom. The summed E-state index contributed by atoms with van der Waals surface area (Å²) in [5.41, 5.74) is 1.49. The van der Waals surface area contributed by atoms with Crippen molar-refractivity contribution in [3.05, 3.63) is 64.1 Å². The molecule has 1 heterocycles. The molecule has 106 valence electrons. The average molecular weight is 349 g/mol. The zero-order valence-electron chi connectivity index (χ0n) is 10.8. The summed E-state index contributed by atoms with van der Waals surface area (Å²) in [6.45, 7) is 0.188. The van der Waals surface area contributed by atoms with Gasteiger partial charge in [0.15, 0.2) is 6.29 Å². The number of ether oxygens (including phenoxy) is 1. The van der Waals surface area contributed by atoms with Crippen LogP contribution in [0.4, 0.5) is 4.39 Å². The molecule has 0 aliphatic carbocycles. The van der Waals surface area contributed by atoms with E-state index in [-0.39, 0.29) is 17.9 Å². The fourth-order valence-corrected chi connectivity index (χ4v) is 2.44. The van der Waals surface area contributed by atoms with E-state index in [0.717, 1.165) is 21.0 Å². The quantitative estimate of drug-likeness (QED) is 0.640. The number of carbonyl (C=O) groups is 1. The number of hydrogen-bond acceptors (Lipinski definition) is 3. The summed E-state index contributed by atoms with van der Waals surface area (Å²) in [6, 6.07) is 9.94. The standard InChI is InChI=1S/C16H10BrFO3/c17-11-4-5-16-12(6-11)10(9-21-16)8-20-15-3-1-2-14(18)13(15)7-19/h1-7,9H,8H2. The van der Waals surface area contributed by atoms with Gasteiger partial charge < -0.3 is 9.15 Å². The molecule has 0 unspecified atom stereocenters. The van der Waals surface area contributed by atoms with Crippen LogP contribution < -0.4 is 4.74 Å². The van der Waals surface area contributed by atoms with E-state index in [1.165, 1.54) is 12.1 Å². The molecule has 0 amide bonds. The Bertz CT molecular complexity index is 810. The molecular formula is C16H10BrFO3. The maximum atomic E-state index is 13.5. The fourth-order valence-electron chi connectivity index (χ4n) is 2.08. The van der Waals surface area contributed by atoms with Gasteiger partial charge in [0.1, 0.15) is 23.8 Å². The lowest BCUT2D eigenvalue weighted by Crippen LogP contribution is -1.99. The van der Waals surface area contributed by atoms with Crippen molar-refractivity contribution in [3.63, 3.8) is 0 Å². The molecule has 0 saturated carbocycles. The van der Waals surface area contributed by atoms with Crippen LogP contribution in [0, 0.1) is 5.82 Å². The SMILES string of the molecule is O=Cc1c(F)cccc1OCc1coc2ccc(Br)cc12. The molecule has 3 rings (SSSR count). The minimum atomic E-state index is -0.595. The predicted molar refractivity (Wildman–Crippen MR) is 80.0 cm³/mol. The minimum absolute atomic E-state index is 0.0773. The summed E-state index contributed by atoms with van der Waals surface area (Å²) < 4.78 is 25.4. The van der Waals surface area contributed by atoms with Crippen LogP contribution in [0.15, 0.2) is 51.6 Å². The van der Waals surface area contributed by atoms with Gasteiger partial charge in [0.2, 0.25) is 0 Å². The predicted octanol–water partition coefficient (Wildman–Crippen LogP) is 4.73.